The van der Waals surface area contributed by atoms with Crippen molar-refractivity contribution in [3.63, 3.8) is 0 Å². The van der Waals surface area contributed by atoms with Crippen LogP contribution < -0.4 is 0 Å². The van der Waals surface area contributed by atoms with Crippen LogP contribution in [0.4, 0.5) is 4.79 Å². The quantitative estimate of drug-likeness (QED) is 0.0722. The molecule has 2 aliphatic rings. The molecule has 9 heteroatoms. The number of carbonyl (C=O) groups excluding carboxylic acids is 2. The number of hydrogen-bond acceptors (Lipinski definition) is 8. The van der Waals surface area contributed by atoms with Crippen molar-refractivity contribution in [2.75, 3.05) is 13.2 Å². The van der Waals surface area contributed by atoms with Crippen molar-refractivity contribution in [2.45, 2.75) is 82.3 Å². The summed E-state index contributed by atoms with van der Waals surface area (Å²) in [6, 6.07) is 49.3. The van der Waals surface area contributed by atoms with Crippen LogP contribution in [0.15, 0.2) is 164 Å². The molecule has 306 valence electrons. The van der Waals surface area contributed by atoms with Crippen LogP contribution in [-0.4, -0.2) is 66.7 Å². The fourth-order valence-corrected chi connectivity index (χ4v) is 7.82. The Hall–Kier alpha value is -5.42. The molecule has 0 bridgehead atoms. The molecular weight excluding hydrogens is 743 g/mol. The summed E-state index contributed by atoms with van der Waals surface area (Å²) < 4.78 is 39.6. The maximum atomic E-state index is 14.6. The number of allylic oxidation sites excluding steroid dienone is 1. The van der Waals surface area contributed by atoms with Gasteiger partial charge in [-0.1, -0.05) is 158 Å². The van der Waals surface area contributed by atoms with Crippen LogP contribution in [0.2, 0.25) is 0 Å². The van der Waals surface area contributed by atoms with Crippen molar-refractivity contribution in [1.82, 2.24) is 4.90 Å². The zero-order chi connectivity index (χ0) is 40.7. The molecule has 2 amide bonds. The first kappa shape index (κ1) is 41.7. The smallest absolute Gasteiger partial charge is 0.416 e. The number of hydrogen-bond donors (Lipinski definition) is 0. The van der Waals surface area contributed by atoms with Crippen molar-refractivity contribution >= 4 is 12.0 Å². The van der Waals surface area contributed by atoms with Gasteiger partial charge in [0.15, 0.2) is 0 Å². The summed E-state index contributed by atoms with van der Waals surface area (Å²) in [4.78, 5) is 29.2. The summed E-state index contributed by atoms with van der Waals surface area (Å²) in [5.41, 5.74) is 5.01. The predicted molar refractivity (Wildman–Crippen MR) is 225 cm³/mol. The van der Waals surface area contributed by atoms with E-state index in [0.29, 0.717) is 32.7 Å². The molecule has 59 heavy (non-hydrogen) atoms. The summed E-state index contributed by atoms with van der Waals surface area (Å²) in [7, 11) is 0. The highest BCUT2D eigenvalue weighted by Crippen LogP contribution is 2.35. The number of carbonyl (C=O) groups is 2. The van der Waals surface area contributed by atoms with Crippen LogP contribution in [-0.2, 0) is 66.1 Å². The van der Waals surface area contributed by atoms with E-state index in [4.69, 9.17) is 28.4 Å². The van der Waals surface area contributed by atoms with Crippen LogP contribution in [0.25, 0.3) is 0 Å². The zero-order valence-corrected chi connectivity index (χ0v) is 33.3. The Balaban J connectivity index is 1.22. The van der Waals surface area contributed by atoms with Gasteiger partial charge in [0.05, 0.1) is 45.2 Å². The largest absolute Gasteiger partial charge is 0.447 e. The number of nitrogens with zero attached hydrogens (tertiary/aromatic N) is 1. The molecule has 7 atom stereocenters. The molecule has 0 saturated carbocycles. The maximum Gasteiger partial charge on any atom is 0.416 e. The first-order valence-corrected chi connectivity index (χ1v) is 20.4. The first-order chi connectivity index (χ1) is 29.1. The van der Waals surface area contributed by atoms with Crippen molar-refractivity contribution < 1.29 is 38.0 Å². The van der Waals surface area contributed by atoms with Gasteiger partial charge >= 0.3 is 6.09 Å². The molecule has 9 nitrogen and oxygen atoms in total. The zero-order valence-electron chi connectivity index (χ0n) is 33.3. The Labute approximate surface area is 347 Å². The lowest BCUT2D eigenvalue weighted by molar-refractivity contribution is -0.275. The van der Waals surface area contributed by atoms with Gasteiger partial charge in [-0.15, -0.1) is 6.58 Å². The molecule has 5 aromatic carbocycles. The van der Waals surface area contributed by atoms with E-state index < -0.39 is 48.6 Å². The monoisotopic (exact) mass is 795 g/mol. The average molecular weight is 796 g/mol. The lowest BCUT2D eigenvalue weighted by Gasteiger charge is -2.47. The van der Waals surface area contributed by atoms with Crippen molar-refractivity contribution in [1.29, 1.82) is 0 Å². The summed E-state index contributed by atoms with van der Waals surface area (Å²) in [6.45, 7) is 5.57. The number of amides is 2. The molecule has 5 aromatic rings. The molecule has 0 spiro atoms. The molecule has 2 heterocycles. The van der Waals surface area contributed by atoms with E-state index in [9.17, 15) is 9.59 Å². The molecule has 0 aliphatic carbocycles. The maximum absolute atomic E-state index is 14.6. The van der Waals surface area contributed by atoms with Crippen LogP contribution in [0, 0.1) is 5.92 Å². The Morgan fingerprint density at radius 1 is 0.627 bits per heavy atom. The van der Waals surface area contributed by atoms with Crippen molar-refractivity contribution in [2.24, 2.45) is 5.92 Å². The van der Waals surface area contributed by atoms with Gasteiger partial charge in [-0.3, -0.25) is 4.79 Å². The molecule has 2 aliphatic heterocycles. The van der Waals surface area contributed by atoms with Gasteiger partial charge in [0.1, 0.15) is 31.0 Å². The topological polar surface area (TPSA) is 92.8 Å². The predicted octanol–water partition coefficient (Wildman–Crippen LogP) is 8.90. The third kappa shape index (κ3) is 11.6. The molecule has 2 fully saturated rings. The molecule has 0 unspecified atom stereocenters. The Morgan fingerprint density at radius 3 is 1.56 bits per heavy atom. The standard InChI is InChI=1S/C50H53NO8/c1-2-18-42(49(52)51-43(35-58-50(51)53)29-37-19-8-3-9-20-37)30-44-46(55-32-39-23-12-5-13-24-39)48(57-34-41-27-16-7-17-28-41)47(56-33-40-25-14-6-15-26-40)45(59-44)36-54-31-38-21-10-4-11-22-38/h2-17,19-28,42-48H,1,18,29-36H2/t42-,43-,44+,45-,46+,47+,48-/m1/s1. The van der Waals surface area contributed by atoms with Crippen LogP contribution >= 0.6 is 0 Å². The minimum atomic E-state index is -0.684. The third-order valence-electron chi connectivity index (χ3n) is 10.8. The van der Waals surface area contributed by atoms with Crippen LogP contribution in [0.1, 0.15) is 40.7 Å². The minimum Gasteiger partial charge on any atom is -0.447 e. The second-order valence-electron chi connectivity index (χ2n) is 15.1. The second-order valence-corrected chi connectivity index (χ2v) is 15.1. The van der Waals surface area contributed by atoms with Crippen molar-refractivity contribution in [3.05, 3.63) is 192 Å². The van der Waals surface area contributed by atoms with Crippen molar-refractivity contribution in [3.8, 4) is 0 Å². The lowest BCUT2D eigenvalue weighted by atomic mass is 9.86. The van der Waals surface area contributed by atoms with Gasteiger partial charge in [-0.25, -0.2) is 9.69 Å². The fourth-order valence-electron chi connectivity index (χ4n) is 7.82. The Morgan fingerprint density at radius 2 is 1.07 bits per heavy atom. The molecule has 0 N–H and O–H groups in total. The molecule has 0 aromatic heterocycles. The Bertz CT molecular complexity index is 2020. The van der Waals surface area contributed by atoms with Gasteiger partial charge in [-0.05, 0) is 47.1 Å². The van der Waals surface area contributed by atoms with Crippen LogP contribution in [0.5, 0.6) is 0 Å². The van der Waals surface area contributed by atoms with E-state index in [0.717, 1.165) is 27.8 Å². The third-order valence-corrected chi connectivity index (χ3v) is 10.8. The second kappa shape index (κ2) is 21.5. The van der Waals surface area contributed by atoms with Gasteiger partial charge in [0, 0.05) is 5.92 Å². The molecule has 7 rings (SSSR count). The van der Waals surface area contributed by atoms with Gasteiger partial charge < -0.3 is 28.4 Å². The average Bonchev–Trinajstić information content (AvgIpc) is 3.64. The summed E-state index contributed by atoms with van der Waals surface area (Å²) in [6.07, 6.45) is -1.13. The highest BCUT2D eigenvalue weighted by molar-refractivity contribution is 5.95. The van der Waals surface area contributed by atoms with E-state index in [2.05, 4.69) is 6.58 Å². The first-order valence-electron chi connectivity index (χ1n) is 20.4. The van der Waals surface area contributed by atoms with Gasteiger partial charge in [0.25, 0.3) is 0 Å². The highest BCUT2D eigenvalue weighted by Gasteiger charge is 2.50. The molecule has 2 saturated heterocycles. The SMILES string of the molecule is C=CC[C@H](C[C@@H]1O[C@H](COCc2ccccc2)[C@H](OCc2ccccc2)[C@H](OCc2ccccc2)[C@H]1OCc1ccccc1)C(=O)N1C(=O)OC[C@H]1Cc1ccccc1. The number of cyclic esters (lactones) is 1. The van der Waals surface area contributed by atoms with E-state index in [1.165, 1.54) is 4.90 Å². The van der Waals surface area contributed by atoms with Gasteiger partial charge in [-0.2, -0.15) is 0 Å². The van der Waals surface area contributed by atoms with E-state index >= 15 is 0 Å². The van der Waals surface area contributed by atoms with Crippen LogP contribution in [0.3, 0.4) is 0 Å². The summed E-state index contributed by atoms with van der Waals surface area (Å²) in [5, 5.41) is 0. The number of ether oxygens (including phenoxy) is 6. The van der Waals surface area contributed by atoms with Gasteiger partial charge in [0.2, 0.25) is 5.91 Å². The van der Waals surface area contributed by atoms with E-state index in [1.807, 2.05) is 152 Å². The normalized spacial score (nSPS) is 22.1. The summed E-state index contributed by atoms with van der Waals surface area (Å²) in [5.74, 6) is -1.01. The molecule has 0 radical (unpaired) electrons. The minimum absolute atomic E-state index is 0.125. The van der Waals surface area contributed by atoms with E-state index in [-0.39, 0.29) is 32.1 Å². The van der Waals surface area contributed by atoms with E-state index in [1.54, 1.807) is 6.08 Å². The highest BCUT2D eigenvalue weighted by atomic mass is 16.6. The summed E-state index contributed by atoms with van der Waals surface area (Å²) >= 11 is 0. The Kier molecular flexibility index (Phi) is 15.2. The number of rotatable bonds is 20. The molecular formula is C50H53NO8. The lowest BCUT2D eigenvalue weighted by Crippen LogP contribution is -2.61. The number of benzene rings is 5. The number of imide groups is 1. The fraction of sp³-hybridized carbons (Fsp3) is 0.320.